The minimum absolute atomic E-state index is 0.0895. The summed E-state index contributed by atoms with van der Waals surface area (Å²) in [5.74, 6) is -1.32. The minimum atomic E-state index is -1.11. The first-order valence-electron chi connectivity index (χ1n) is 10.6. The fourth-order valence-corrected chi connectivity index (χ4v) is 4.00. The molecule has 5 rings (SSSR count). The van der Waals surface area contributed by atoms with Crippen LogP contribution < -0.4 is 10.4 Å². The van der Waals surface area contributed by atoms with Crippen LogP contribution in [-0.4, -0.2) is 23.5 Å². The zero-order chi connectivity index (χ0) is 23.7. The summed E-state index contributed by atoms with van der Waals surface area (Å²) in [6.45, 7) is -0.519. The molecule has 0 radical (unpaired) electrons. The summed E-state index contributed by atoms with van der Waals surface area (Å²) in [4.78, 5) is 36.6. The molecular weight excluding hydrogens is 432 g/mol. The van der Waals surface area contributed by atoms with Crippen LogP contribution in [0.5, 0.6) is 5.75 Å². The number of carbonyl (C=O) groups is 2. The second kappa shape index (κ2) is 8.67. The fraction of sp³-hybridized carbons (Fsp3) is 0.0357. The van der Waals surface area contributed by atoms with E-state index in [1.807, 2.05) is 60.7 Å². The molecule has 0 unspecified atom stereocenters. The number of hydrogen-bond donors (Lipinski definition) is 1. The molecule has 0 saturated heterocycles. The number of carbonyl (C=O) groups excluding carboxylic acids is 1. The molecule has 0 bridgehead atoms. The summed E-state index contributed by atoms with van der Waals surface area (Å²) in [6, 6.07) is 23.7. The van der Waals surface area contributed by atoms with Crippen molar-refractivity contribution in [3.05, 3.63) is 106 Å². The first kappa shape index (κ1) is 21.2. The van der Waals surface area contributed by atoms with Crippen LogP contribution in [0.1, 0.15) is 15.9 Å². The van der Waals surface area contributed by atoms with E-state index >= 15 is 0 Å². The van der Waals surface area contributed by atoms with Crippen molar-refractivity contribution in [1.29, 1.82) is 0 Å². The molecular formula is C28H18O6. The maximum absolute atomic E-state index is 13.1. The normalized spacial score (nSPS) is 11.4. The molecule has 0 aliphatic carbocycles. The van der Waals surface area contributed by atoms with Gasteiger partial charge in [-0.05, 0) is 51.9 Å². The van der Waals surface area contributed by atoms with Gasteiger partial charge in [-0.1, -0.05) is 60.7 Å². The first-order valence-corrected chi connectivity index (χ1v) is 10.6. The molecule has 0 atom stereocenters. The number of hydrogen-bond acceptors (Lipinski definition) is 5. The van der Waals surface area contributed by atoms with Crippen molar-refractivity contribution in [2.75, 3.05) is 6.61 Å². The first-order chi connectivity index (χ1) is 16.5. The van der Waals surface area contributed by atoms with Gasteiger partial charge < -0.3 is 14.3 Å². The molecule has 0 spiro atoms. The molecule has 166 valence electrons. The van der Waals surface area contributed by atoms with Crippen molar-refractivity contribution in [2.45, 2.75) is 0 Å². The number of allylic oxidation sites excluding steroid dienone is 1. The van der Waals surface area contributed by atoms with Gasteiger partial charge in [0.15, 0.2) is 12.4 Å². The average Bonchev–Trinajstić information content (AvgIpc) is 2.85. The summed E-state index contributed by atoms with van der Waals surface area (Å²) in [5, 5.41) is 13.2. The zero-order valence-electron chi connectivity index (χ0n) is 17.9. The molecule has 1 heterocycles. The highest BCUT2D eigenvalue weighted by molar-refractivity contribution is 6.12. The van der Waals surface area contributed by atoms with Crippen LogP contribution in [0.25, 0.3) is 38.6 Å². The van der Waals surface area contributed by atoms with E-state index in [2.05, 4.69) is 0 Å². The Kier molecular flexibility index (Phi) is 5.40. The van der Waals surface area contributed by atoms with Gasteiger partial charge in [0.1, 0.15) is 16.9 Å². The summed E-state index contributed by atoms with van der Waals surface area (Å²) in [7, 11) is 0. The highest BCUT2D eigenvalue weighted by atomic mass is 16.5. The van der Waals surface area contributed by atoms with Crippen LogP contribution in [0.3, 0.4) is 0 Å². The third kappa shape index (κ3) is 3.93. The van der Waals surface area contributed by atoms with E-state index in [4.69, 9.17) is 14.3 Å². The van der Waals surface area contributed by atoms with Gasteiger partial charge in [-0.2, -0.15) is 0 Å². The maximum Gasteiger partial charge on any atom is 0.347 e. The summed E-state index contributed by atoms with van der Waals surface area (Å²) >= 11 is 0. The van der Waals surface area contributed by atoms with Gasteiger partial charge in [-0.15, -0.1) is 0 Å². The average molecular weight is 450 g/mol. The standard InChI is InChI=1S/C28H18O6/c29-24(23-15-22-20-8-4-2-6-18(20)10-14-26(22)34-28(23)32)12-11-21-19-7-3-1-5-17(19)9-13-25(21)33-16-27(30)31/h1-15H,16H2,(H,30,31)/b12-11+. The maximum atomic E-state index is 13.1. The Labute approximate surface area is 193 Å². The number of benzene rings is 4. The van der Waals surface area contributed by atoms with Gasteiger partial charge in [0.25, 0.3) is 0 Å². The largest absolute Gasteiger partial charge is 0.481 e. The predicted molar refractivity (Wildman–Crippen MR) is 130 cm³/mol. The molecule has 6 heteroatoms. The molecule has 6 nitrogen and oxygen atoms in total. The molecule has 0 amide bonds. The third-order valence-corrected chi connectivity index (χ3v) is 5.59. The second-order valence-electron chi connectivity index (χ2n) is 7.72. The molecule has 0 saturated carbocycles. The van der Waals surface area contributed by atoms with Crippen LogP contribution in [0.2, 0.25) is 0 Å². The van der Waals surface area contributed by atoms with E-state index in [0.29, 0.717) is 22.3 Å². The Morgan fingerprint density at radius 1 is 0.853 bits per heavy atom. The van der Waals surface area contributed by atoms with Crippen molar-refractivity contribution in [2.24, 2.45) is 0 Å². The number of ketones is 1. The monoisotopic (exact) mass is 450 g/mol. The van der Waals surface area contributed by atoms with Crippen molar-refractivity contribution in [3.8, 4) is 5.75 Å². The van der Waals surface area contributed by atoms with Crippen LogP contribution in [0.4, 0.5) is 0 Å². The van der Waals surface area contributed by atoms with Crippen molar-refractivity contribution < 1.29 is 23.8 Å². The summed E-state index contributed by atoms with van der Waals surface area (Å²) in [6.07, 6.45) is 2.81. The highest BCUT2D eigenvalue weighted by Crippen LogP contribution is 2.30. The zero-order valence-corrected chi connectivity index (χ0v) is 17.9. The Morgan fingerprint density at radius 3 is 2.29 bits per heavy atom. The molecule has 0 aliphatic heterocycles. The summed E-state index contributed by atoms with van der Waals surface area (Å²) in [5.41, 5.74) is 0.136. The van der Waals surface area contributed by atoms with E-state index in [1.54, 1.807) is 18.2 Å². The van der Waals surface area contributed by atoms with Crippen LogP contribution in [0, 0.1) is 0 Å². The second-order valence-corrected chi connectivity index (χ2v) is 7.72. The number of aliphatic carboxylic acids is 1. The van der Waals surface area contributed by atoms with Crippen LogP contribution >= 0.6 is 0 Å². The van der Waals surface area contributed by atoms with Gasteiger partial charge in [0.2, 0.25) is 0 Å². The van der Waals surface area contributed by atoms with E-state index < -0.39 is 24.0 Å². The van der Waals surface area contributed by atoms with Crippen LogP contribution in [0.15, 0.2) is 94.2 Å². The van der Waals surface area contributed by atoms with Gasteiger partial charge in [0.05, 0.1) is 0 Å². The quantitative estimate of drug-likeness (QED) is 0.160. The number of carboxylic acids is 1. The Balaban J connectivity index is 1.59. The Morgan fingerprint density at radius 2 is 1.53 bits per heavy atom. The highest BCUT2D eigenvalue weighted by Gasteiger charge is 2.14. The van der Waals surface area contributed by atoms with Crippen LogP contribution in [-0.2, 0) is 4.79 Å². The fourth-order valence-electron chi connectivity index (χ4n) is 4.00. The Hall–Kier alpha value is -4.71. The van der Waals surface area contributed by atoms with Crippen molar-refractivity contribution >= 4 is 50.3 Å². The molecule has 34 heavy (non-hydrogen) atoms. The lowest BCUT2D eigenvalue weighted by atomic mass is 10.0. The molecule has 5 aromatic rings. The predicted octanol–water partition coefficient (Wildman–Crippen LogP) is 5.46. The van der Waals surface area contributed by atoms with Crippen molar-refractivity contribution in [3.63, 3.8) is 0 Å². The van der Waals surface area contributed by atoms with Gasteiger partial charge in [0, 0.05) is 10.9 Å². The lowest BCUT2D eigenvalue weighted by Crippen LogP contribution is -2.12. The third-order valence-electron chi connectivity index (χ3n) is 5.59. The lowest BCUT2D eigenvalue weighted by Gasteiger charge is -2.10. The molecule has 0 fully saturated rings. The van der Waals surface area contributed by atoms with E-state index in [-0.39, 0.29) is 5.56 Å². The van der Waals surface area contributed by atoms with Gasteiger partial charge in [-0.3, -0.25) is 4.79 Å². The molecule has 1 N–H and O–H groups in total. The van der Waals surface area contributed by atoms with E-state index in [9.17, 15) is 14.4 Å². The topological polar surface area (TPSA) is 93.8 Å². The number of fused-ring (bicyclic) bond motifs is 4. The molecule has 4 aromatic carbocycles. The lowest BCUT2D eigenvalue weighted by molar-refractivity contribution is -0.139. The Bertz CT molecular complexity index is 1680. The summed E-state index contributed by atoms with van der Waals surface area (Å²) < 4.78 is 10.9. The minimum Gasteiger partial charge on any atom is -0.481 e. The van der Waals surface area contributed by atoms with E-state index in [0.717, 1.165) is 21.5 Å². The van der Waals surface area contributed by atoms with Gasteiger partial charge in [-0.25, -0.2) is 9.59 Å². The van der Waals surface area contributed by atoms with Crippen molar-refractivity contribution in [1.82, 2.24) is 0 Å². The number of ether oxygens (including phenoxy) is 1. The SMILES string of the molecule is O=C(O)COc1ccc2ccccc2c1/C=C/C(=O)c1cc2c(ccc3ccccc32)oc1=O. The van der Waals surface area contributed by atoms with E-state index in [1.165, 1.54) is 12.2 Å². The smallest absolute Gasteiger partial charge is 0.347 e. The van der Waals surface area contributed by atoms with Gasteiger partial charge >= 0.3 is 11.6 Å². The molecule has 1 aromatic heterocycles. The molecule has 0 aliphatic rings. The number of carboxylic acid groups (broad SMARTS) is 1. The number of rotatable bonds is 6.